The second kappa shape index (κ2) is 5.27. The number of hydrogen-bond donors (Lipinski definition) is 1. The van der Waals surface area contributed by atoms with Crippen molar-refractivity contribution in [3.8, 4) is 0 Å². The summed E-state index contributed by atoms with van der Waals surface area (Å²) in [7, 11) is 0. The van der Waals surface area contributed by atoms with Gasteiger partial charge in [0.05, 0.1) is 11.0 Å². The highest BCUT2D eigenvalue weighted by Gasteiger charge is 2.40. The van der Waals surface area contributed by atoms with Crippen molar-refractivity contribution in [1.29, 1.82) is 0 Å². The molecule has 0 saturated heterocycles. The Hall–Kier alpha value is -3.47. The van der Waals surface area contributed by atoms with E-state index >= 15 is 0 Å². The number of hydrogen-bond acceptors (Lipinski definition) is 3. The van der Waals surface area contributed by atoms with Gasteiger partial charge >= 0.3 is 0 Å². The van der Waals surface area contributed by atoms with Crippen LogP contribution in [-0.2, 0) is 0 Å². The van der Waals surface area contributed by atoms with Crippen molar-refractivity contribution < 1.29 is 4.79 Å². The van der Waals surface area contributed by atoms with E-state index < -0.39 is 0 Å². The maximum absolute atomic E-state index is 13.0. The van der Waals surface area contributed by atoms with Gasteiger partial charge in [-0.05, 0) is 35.9 Å². The molecule has 120 valence electrons. The first-order valence-corrected chi connectivity index (χ1v) is 8.11. The Bertz CT molecular complexity index is 1050. The number of carbonyl (C=O) groups excluding carboxylic acids is 1. The number of rotatable bonds is 2. The molecular weight excluding hydrogens is 312 g/mol. The number of pyridine rings is 1. The van der Waals surface area contributed by atoms with Gasteiger partial charge in [-0.2, -0.15) is 0 Å². The molecule has 5 nitrogen and oxygen atoms in total. The average molecular weight is 326 g/mol. The molecule has 3 heterocycles. The first kappa shape index (κ1) is 13.9. The van der Waals surface area contributed by atoms with E-state index in [2.05, 4.69) is 9.97 Å². The summed E-state index contributed by atoms with van der Waals surface area (Å²) in [5.74, 6) is 1.30. The molecule has 5 heteroatoms. The number of anilines is 1. The minimum atomic E-state index is -0.314. The molecule has 0 bridgehead atoms. The molecule has 4 aromatic rings. The lowest BCUT2D eigenvalue weighted by atomic mass is 10.0. The van der Waals surface area contributed by atoms with Gasteiger partial charge in [0.2, 0.25) is 0 Å². The predicted molar refractivity (Wildman–Crippen MR) is 95.4 cm³/mol. The fourth-order valence-corrected chi connectivity index (χ4v) is 3.42. The van der Waals surface area contributed by atoms with Gasteiger partial charge in [-0.25, -0.2) is 9.97 Å². The predicted octanol–water partition coefficient (Wildman–Crippen LogP) is 3.71. The van der Waals surface area contributed by atoms with E-state index in [1.165, 1.54) is 0 Å². The zero-order valence-electron chi connectivity index (χ0n) is 13.3. The number of para-hydroxylation sites is 2. The Kier molecular flexibility index (Phi) is 2.94. The normalized spacial score (nSPS) is 16.4. The molecule has 1 amide bonds. The van der Waals surface area contributed by atoms with Crippen LogP contribution in [0.25, 0.3) is 11.0 Å². The topological polar surface area (TPSA) is 61.9 Å². The quantitative estimate of drug-likeness (QED) is 0.611. The smallest absolute Gasteiger partial charge is 0.260 e. The number of H-pyrrole nitrogens is 1. The third-order valence-corrected chi connectivity index (χ3v) is 4.53. The van der Waals surface area contributed by atoms with Gasteiger partial charge in [-0.1, -0.05) is 36.4 Å². The molecule has 1 unspecified atom stereocenters. The maximum Gasteiger partial charge on any atom is 0.260 e. The average Bonchev–Trinajstić information content (AvgIpc) is 3.21. The third-order valence-electron chi connectivity index (χ3n) is 4.53. The summed E-state index contributed by atoms with van der Waals surface area (Å²) >= 11 is 0. The highest BCUT2D eigenvalue weighted by molar-refractivity contribution is 6.11. The molecule has 0 radical (unpaired) electrons. The van der Waals surface area contributed by atoms with Crippen LogP contribution < -0.4 is 4.90 Å². The summed E-state index contributed by atoms with van der Waals surface area (Å²) in [6.45, 7) is 0. The van der Waals surface area contributed by atoms with Crippen molar-refractivity contribution in [2.45, 2.75) is 6.04 Å². The number of aromatic nitrogens is 3. The Morgan fingerprint density at radius 1 is 0.920 bits per heavy atom. The van der Waals surface area contributed by atoms with Gasteiger partial charge in [0.1, 0.15) is 17.7 Å². The van der Waals surface area contributed by atoms with Crippen molar-refractivity contribution in [3.63, 3.8) is 0 Å². The van der Waals surface area contributed by atoms with Crippen LogP contribution in [0.15, 0.2) is 72.9 Å². The summed E-state index contributed by atoms with van der Waals surface area (Å²) in [6.07, 6.45) is 1.70. The molecule has 0 spiro atoms. The lowest BCUT2D eigenvalue weighted by Crippen LogP contribution is -2.29. The summed E-state index contributed by atoms with van der Waals surface area (Å²) in [5, 5.41) is 0. The summed E-state index contributed by atoms with van der Waals surface area (Å²) < 4.78 is 0. The Labute approximate surface area is 144 Å². The van der Waals surface area contributed by atoms with E-state index in [-0.39, 0.29) is 11.9 Å². The molecule has 5 rings (SSSR count). The van der Waals surface area contributed by atoms with Gasteiger partial charge < -0.3 is 4.98 Å². The molecular formula is C20H14N4O. The van der Waals surface area contributed by atoms with Crippen LogP contribution in [0, 0.1) is 0 Å². The summed E-state index contributed by atoms with van der Waals surface area (Å²) in [5.41, 5.74) is 3.47. The Morgan fingerprint density at radius 2 is 1.72 bits per heavy atom. The minimum absolute atomic E-state index is 0.0558. The number of carbonyl (C=O) groups is 1. The SMILES string of the molecule is O=C1c2ccccc2C(c2nc3ccccc3[nH]2)N1c1ccccn1. The Balaban J connectivity index is 1.74. The molecule has 0 saturated carbocycles. The number of imidazole rings is 1. The molecule has 2 aromatic heterocycles. The number of aromatic amines is 1. The van der Waals surface area contributed by atoms with Gasteiger partial charge in [-0.3, -0.25) is 9.69 Å². The third kappa shape index (κ3) is 2.06. The first-order valence-electron chi connectivity index (χ1n) is 8.11. The van der Waals surface area contributed by atoms with Crippen LogP contribution in [0.3, 0.4) is 0 Å². The molecule has 25 heavy (non-hydrogen) atoms. The molecule has 2 aromatic carbocycles. The first-order chi connectivity index (χ1) is 12.3. The number of benzene rings is 2. The largest absolute Gasteiger partial charge is 0.340 e. The van der Waals surface area contributed by atoms with E-state index in [4.69, 9.17) is 4.98 Å². The fraction of sp³-hybridized carbons (Fsp3) is 0.0500. The van der Waals surface area contributed by atoms with E-state index in [9.17, 15) is 4.79 Å². The van der Waals surface area contributed by atoms with Crippen LogP contribution in [-0.4, -0.2) is 20.9 Å². The van der Waals surface area contributed by atoms with Crippen LogP contribution in [0.5, 0.6) is 0 Å². The van der Waals surface area contributed by atoms with Crippen molar-refractivity contribution in [1.82, 2.24) is 15.0 Å². The molecule has 1 atom stereocenters. The van der Waals surface area contributed by atoms with Crippen molar-refractivity contribution >= 4 is 22.8 Å². The van der Waals surface area contributed by atoms with E-state index in [0.717, 1.165) is 22.4 Å². The number of fused-ring (bicyclic) bond motifs is 2. The molecule has 1 aliphatic heterocycles. The standard InChI is InChI=1S/C20H14N4O/c25-20-14-8-2-1-7-13(14)18(24(20)17-11-5-6-12-21-17)19-22-15-9-3-4-10-16(15)23-19/h1-12,18H,(H,22,23). The van der Waals surface area contributed by atoms with Crippen molar-refractivity contribution in [3.05, 3.63) is 89.9 Å². The van der Waals surface area contributed by atoms with Crippen LogP contribution >= 0.6 is 0 Å². The van der Waals surface area contributed by atoms with E-state index in [1.54, 1.807) is 11.1 Å². The summed E-state index contributed by atoms with van der Waals surface area (Å²) in [6, 6.07) is 20.8. The molecule has 1 aliphatic rings. The van der Waals surface area contributed by atoms with Crippen LogP contribution in [0.2, 0.25) is 0 Å². The second-order valence-corrected chi connectivity index (χ2v) is 5.99. The highest BCUT2D eigenvalue weighted by atomic mass is 16.2. The number of nitrogens with one attached hydrogen (secondary N) is 1. The Morgan fingerprint density at radius 3 is 2.56 bits per heavy atom. The van der Waals surface area contributed by atoms with E-state index in [0.29, 0.717) is 11.4 Å². The van der Waals surface area contributed by atoms with Crippen molar-refractivity contribution in [2.24, 2.45) is 0 Å². The maximum atomic E-state index is 13.0. The number of amides is 1. The lowest BCUT2D eigenvalue weighted by molar-refractivity contribution is 0.0992. The minimum Gasteiger partial charge on any atom is -0.340 e. The molecule has 0 aliphatic carbocycles. The van der Waals surface area contributed by atoms with E-state index in [1.807, 2.05) is 66.7 Å². The fourth-order valence-electron chi connectivity index (χ4n) is 3.42. The zero-order chi connectivity index (χ0) is 16.8. The highest BCUT2D eigenvalue weighted by Crippen LogP contribution is 2.40. The van der Waals surface area contributed by atoms with Crippen LogP contribution in [0.1, 0.15) is 27.8 Å². The van der Waals surface area contributed by atoms with Crippen LogP contribution in [0.4, 0.5) is 5.82 Å². The van der Waals surface area contributed by atoms with Gasteiger partial charge in [0.25, 0.3) is 5.91 Å². The number of nitrogens with zero attached hydrogens (tertiary/aromatic N) is 3. The molecule has 0 fully saturated rings. The van der Waals surface area contributed by atoms with Gasteiger partial charge in [-0.15, -0.1) is 0 Å². The second-order valence-electron chi connectivity index (χ2n) is 5.99. The molecule has 1 N–H and O–H groups in total. The monoisotopic (exact) mass is 326 g/mol. The van der Waals surface area contributed by atoms with Gasteiger partial charge in [0, 0.05) is 11.8 Å². The van der Waals surface area contributed by atoms with Crippen molar-refractivity contribution in [2.75, 3.05) is 4.90 Å². The zero-order valence-corrected chi connectivity index (χ0v) is 13.3. The van der Waals surface area contributed by atoms with Gasteiger partial charge in [0.15, 0.2) is 0 Å². The lowest BCUT2D eigenvalue weighted by Gasteiger charge is -2.22. The summed E-state index contributed by atoms with van der Waals surface area (Å²) in [4.78, 5) is 27.2.